The summed E-state index contributed by atoms with van der Waals surface area (Å²) in [6.45, 7) is 2.26. The van der Waals surface area contributed by atoms with E-state index in [2.05, 4.69) is 5.32 Å². The van der Waals surface area contributed by atoms with Gasteiger partial charge in [-0.25, -0.2) is 4.39 Å². The van der Waals surface area contributed by atoms with E-state index in [0.29, 0.717) is 54.0 Å². The first-order valence-electron chi connectivity index (χ1n) is 9.40. The van der Waals surface area contributed by atoms with E-state index in [1.165, 1.54) is 38.5 Å². The van der Waals surface area contributed by atoms with Crippen molar-refractivity contribution in [1.29, 1.82) is 0 Å². The van der Waals surface area contributed by atoms with Crippen LogP contribution in [0.25, 0.3) is 0 Å². The summed E-state index contributed by atoms with van der Waals surface area (Å²) in [5, 5.41) is 3.17. The zero-order chi connectivity index (χ0) is 21.7. The molecule has 2 aromatic carbocycles. The van der Waals surface area contributed by atoms with E-state index in [0.717, 1.165) is 0 Å². The first-order chi connectivity index (χ1) is 14.4. The van der Waals surface area contributed by atoms with Crippen molar-refractivity contribution in [1.82, 2.24) is 9.80 Å². The lowest BCUT2D eigenvalue weighted by Crippen LogP contribution is -2.50. The molecule has 1 heterocycles. The molecule has 2 amide bonds. The Morgan fingerprint density at radius 1 is 1.03 bits per heavy atom. The molecule has 1 N–H and O–H groups in total. The Morgan fingerprint density at radius 3 is 2.27 bits per heavy atom. The number of hydrogen-bond donors (Lipinski definition) is 1. The van der Waals surface area contributed by atoms with Gasteiger partial charge in [0, 0.05) is 37.8 Å². The maximum absolute atomic E-state index is 13.0. The molecule has 160 valence electrons. The van der Waals surface area contributed by atoms with Gasteiger partial charge >= 0.3 is 0 Å². The number of carbonyl (C=O) groups is 2. The fourth-order valence-electron chi connectivity index (χ4n) is 3.23. The molecule has 1 aliphatic heterocycles. The van der Waals surface area contributed by atoms with Crippen LogP contribution in [0.3, 0.4) is 0 Å². The molecule has 0 saturated carbocycles. The number of piperazine rings is 1. The molecule has 3 rings (SSSR count). The third kappa shape index (κ3) is 5.20. The highest BCUT2D eigenvalue weighted by molar-refractivity contribution is 6.32. The molecule has 0 aliphatic carbocycles. The van der Waals surface area contributed by atoms with Gasteiger partial charge in [-0.1, -0.05) is 11.6 Å². The van der Waals surface area contributed by atoms with Crippen LogP contribution in [0, 0.1) is 5.82 Å². The summed E-state index contributed by atoms with van der Waals surface area (Å²) in [6.07, 6.45) is 0. The van der Waals surface area contributed by atoms with Gasteiger partial charge in [-0.2, -0.15) is 0 Å². The smallest absolute Gasteiger partial charge is 0.253 e. The number of rotatable bonds is 6. The van der Waals surface area contributed by atoms with E-state index in [4.69, 9.17) is 21.1 Å². The first kappa shape index (κ1) is 21.9. The second kappa shape index (κ2) is 9.77. The van der Waals surface area contributed by atoms with Crippen LogP contribution in [0.15, 0.2) is 36.4 Å². The number of amides is 2. The molecule has 0 aromatic heterocycles. The van der Waals surface area contributed by atoms with E-state index < -0.39 is 0 Å². The van der Waals surface area contributed by atoms with Crippen LogP contribution in [0.2, 0.25) is 5.02 Å². The molecule has 0 atom stereocenters. The van der Waals surface area contributed by atoms with Crippen molar-refractivity contribution in [3.8, 4) is 11.5 Å². The fourth-order valence-corrected chi connectivity index (χ4v) is 3.48. The van der Waals surface area contributed by atoms with Crippen LogP contribution in [0.5, 0.6) is 11.5 Å². The number of halogens is 2. The Labute approximate surface area is 179 Å². The summed E-state index contributed by atoms with van der Waals surface area (Å²) in [6, 6.07) is 8.69. The molecular weight excluding hydrogens is 413 g/mol. The number of nitrogens with zero attached hydrogens (tertiary/aromatic N) is 2. The Balaban J connectivity index is 1.54. The summed E-state index contributed by atoms with van der Waals surface area (Å²) in [5.41, 5.74) is 0.907. The lowest BCUT2D eigenvalue weighted by Gasteiger charge is -2.34. The molecular formula is C21H23ClFN3O4. The average molecular weight is 436 g/mol. The lowest BCUT2D eigenvalue weighted by molar-refractivity contribution is -0.117. The van der Waals surface area contributed by atoms with E-state index in [1.54, 1.807) is 17.0 Å². The van der Waals surface area contributed by atoms with Crippen LogP contribution in [-0.4, -0.2) is 68.6 Å². The Bertz CT molecular complexity index is 915. The summed E-state index contributed by atoms with van der Waals surface area (Å²) < 4.78 is 23.5. The number of ether oxygens (including phenoxy) is 2. The van der Waals surface area contributed by atoms with Crippen LogP contribution in [0.4, 0.5) is 10.1 Å². The van der Waals surface area contributed by atoms with Crippen LogP contribution in [-0.2, 0) is 4.79 Å². The first-order valence-corrected chi connectivity index (χ1v) is 9.77. The average Bonchev–Trinajstić information content (AvgIpc) is 2.74. The van der Waals surface area contributed by atoms with Crippen molar-refractivity contribution in [2.24, 2.45) is 0 Å². The number of carbonyl (C=O) groups excluding carboxylic acids is 2. The summed E-state index contributed by atoms with van der Waals surface area (Å²) >= 11 is 6.14. The highest BCUT2D eigenvalue weighted by Crippen LogP contribution is 2.35. The Hall–Kier alpha value is -2.84. The highest BCUT2D eigenvalue weighted by Gasteiger charge is 2.24. The van der Waals surface area contributed by atoms with E-state index in [-0.39, 0.29) is 24.2 Å². The monoisotopic (exact) mass is 435 g/mol. The zero-order valence-electron chi connectivity index (χ0n) is 16.8. The second-order valence-electron chi connectivity index (χ2n) is 6.81. The van der Waals surface area contributed by atoms with Gasteiger partial charge in [0.15, 0.2) is 0 Å². The maximum Gasteiger partial charge on any atom is 0.253 e. The quantitative estimate of drug-likeness (QED) is 0.755. The summed E-state index contributed by atoms with van der Waals surface area (Å²) in [5.74, 6) is 0.162. The molecule has 0 unspecified atom stereocenters. The minimum absolute atomic E-state index is 0.142. The van der Waals surface area contributed by atoms with Crippen molar-refractivity contribution < 1.29 is 23.5 Å². The van der Waals surface area contributed by atoms with E-state index in [1.807, 2.05) is 4.90 Å². The van der Waals surface area contributed by atoms with Gasteiger partial charge in [0.1, 0.15) is 17.3 Å². The normalized spacial score (nSPS) is 14.3. The number of nitrogens with one attached hydrogen (secondary N) is 1. The van der Waals surface area contributed by atoms with E-state index in [9.17, 15) is 14.0 Å². The molecule has 1 saturated heterocycles. The molecule has 9 heteroatoms. The van der Waals surface area contributed by atoms with Gasteiger partial charge in [-0.15, -0.1) is 0 Å². The van der Waals surface area contributed by atoms with Crippen molar-refractivity contribution in [3.05, 3.63) is 52.8 Å². The van der Waals surface area contributed by atoms with Crippen molar-refractivity contribution >= 4 is 29.1 Å². The number of hydrogen-bond acceptors (Lipinski definition) is 5. The molecule has 0 radical (unpaired) electrons. The van der Waals surface area contributed by atoms with Gasteiger partial charge in [0.2, 0.25) is 5.91 Å². The third-order valence-corrected chi connectivity index (χ3v) is 5.16. The second-order valence-corrected chi connectivity index (χ2v) is 7.22. The summed E-state index contributed by atoms with van der Waals surface area (Å²) in [4.78, 5) is 28.7. The van der Waals surface area contributed by atoms with E-state index >= 15 is 0 Å². The predicted molar refractivity (Wildman–Crippen MR) is 112 cm³/mol. The zero-order valence-corrected chi connectivity index (χ0v) is 17.5. The molecule has 1 fully saturated rings. The topological polar surface area (TPSA) is 71.1 Å². The van der Waals surface area contributed by atoms with Crippen LogP contribution in [0.1, 0.15) is 10.4 Å². The minimum atomic E-state index is -0.378. The van der Waals surface area contributed by atoms with Crippen LogP contribution < -0.4 is 14.8 Å². The van der Waals surface area contributed by atoms with Crippen molar-refractivity contribution in [2.45, 2.75) is 0 Å². The predicted octanol–water partition coefficient (Wildman–Crippen LogP) is 2.89. The fraction of sp³-hybridized carbons (Fsp3) is 0.333. The largest absolute Gasteiger partial charge is 0.495 e. The van der Waals surface area contributed by atoms with Crippen molar-refractivity contribution in [3.63, 3.8) is 0 Å². The highest BCUT2D eigenvalue weighted by atomic mass is 35.5. The Morgan fingerprint density at radius 2 is 1.67 bits per heavy atom. The number of anilines is 1. The lowest BCUT2D eigenvalue weighted by atomic mass is 10.2. The minimum Gasteiger partial charge on any atom is -0.495 e. The summed E-state index contributed by atoms with van der Waals surface area (Å²) in [7, 11) is 3.00. The Kier molecular flexibility index (Phi) is 7.12. The SMILES string of the molecule is COc1cc(OC)c(NC(=O)CN2CCN(C(=O)c3ccc(F)cc3)CC2)cc1Cl. The molecule has 30 heavy (non-hydrogen) atoms. The standard InChI is InChI=1S/C21H23ClFN3O4/c1-29-18-12-19(30-2)17(11-16(18)22)24-20(27)13-25-7-9-26(10-8-25)21(28)14-3-5-15(23)6-4-14/h3-6,11-12H,7-10,13H2,1-2H3,(H,24,27). The van der Waals surface area contributed by atoms with Gasteiger partial charge in [0.25, 0.3) is 5.91 Å². The molecule has 1 aliphatic rings. The van der Waals surface area contributed by atoms with Gasteiger partial charge in [-0.05, 0) is 30.3 Å². The number of methoxy groups -OCH3 is 2. The third-order valence-electron chi connectivity index (χ3n) is 4.87. The van der Waals surface area contributed by atoms with Gasteiger partial charge in [0.05, 0.1) is 31.5 Å². The van der Waals surface area contributed by atoms with Gasteiger partial charge in [-0.3, -0.25) is 14.5 Å². The van der Waals surface area contributed by atoms with Crippen LogP contribution >= 0.6 is 11.6 Å². The van der Waals surface area contributed by atoms with Crippen molar-refractivity contribution in [2.75, 3.05) is 52.3 Å². The molecule has 7 nitrogen and oxygen atoms in total. The molecule has 0 bridgehead atoms. The maximum atomic E-state index is 13.0. The number of benzene rings is 2. The molecule has 2 aromatic rings. The van der Waals surface area contributed by atoms with Gasteiger partial charge < -0.3 is 19.7 Å². The molecule has 0 spiro atoms.